The van der Waals surface area contributed by atoms with E-state index in [1.807, 2.05) is 54.7 Å². The van der Waals surface area contributed by atoms with Gasteiger partial charge in [0.25, 0.3) is 0 Å². The number of benzene rings is 2. The summed E-state index contributed by atoms with van der Waals surface area (Å²) in [6, 6.07) is 17.7. The standard InChI is InChI=1S/C39H39N5O3S/c1-22-30(19-40-44(22)21-31-26-14-23-13-24(16-26)17-27(31)15-23)29-9-10-36(42-38(29)39(46)47)43-12-11-25-5-4-6-28(32(25)20-43)34(45)18-37-41-33-7-2-3-8-35(33)48-37/h2-10,19,23-24,26-27,31H,11-18,20-21H2,1H3,(H,46,47). The van der Waals surface area contributed by atoms with E-state index in [2.05, 4.69) is 27.6 Å². The Kier molecular flexibility index (Phi) is 7.22. The molecule has 10 rings (SSSR count). The Hall–Kier alpha value is -4.37. The highest BCUT2D eigenvalue weighted by molar-refractivity contribution is 7.18. The number of rotatable bonds is 8. The first-order chi connectivity index (χ1) is 23.4. The molecule has 0 spiro atoms. The molecule has 1 aliphatic heterocycles. The number of carbonyl (C=O) groups is 2. The van der Waals surface area contributed by atoms with Crippen LogP contribution in [0.5, 0.6) is 0 Å². The molecule has 1 N–H and O–H groups in total. The monoisotopic (exact) mass is 657 g/mol. The molecule has 4 fully saturated rings. The molecule has 0 amide bonds. The van der Waals surface area contributed by atoms with Crippen LogP contribution in [0.1, 0.15) is 74.8 Å². The van der Waals surface area contributed by atoms with Crippen molar-refractivity contribution in [2.75, 3.05) is 11.4 Å². The zero-order valence-electron chi connectivity index (χ0n) is 27.1. The Morgan fingerprint density at radius 3 is 2.48 bits per heavy atom. The van der Waals surface area contributed by atoms with Crippen LogP contribution < -0.4 is 4.90 Å². The molecule has 5 aliphatic rings. The maximum Gasteiger partial charge on any atom is 0.355 e. The minimum Gasteiger partial charge on any atom is -0.476 e. The van der Waals surface area contributed by atoms with Gasteiger partial charge in [-0.1, -0.05) is 30.3 Å². The van der Waals surface area contributed by atoms with Gasteiger partial charge in [-0.05, 0) is 110 Å². The largest absolute Gasteiger partial charge is 0.476 e. The van der Waals surface area contributed by atoms with Crippen molar-refractivity contribution in [2.45, 2.75) is 65.0 Å². The molecule has 5 aromatic rings. The van der Waals surface area contributed by atoms with Crippen molar-refractivity contribution in [3.05, 3.63) is 93.9 Å². The van der Waals surface area contributed by atoms with Gasteiger partial charge in [0.1, 0.15) is 10.8 Å². The van der Waals surface area contributed by atoms with Crippen LogP contribution in [-0.2, 0) is 25.9 Å². The number of carbonyl (C=O) groups excluding carboxylic acids is 1. The first-order valence-electron chi connectivity index (χ1n) is 17.4. The fourth-order valence-electron chi connectivity index (χ4n) is 9.70. The zero-order valence-corrected chi connectivity index (χ0v) is 28.0. The summed E-state index contributed by atoms with van der Waals surface area (Å²) in [7, 11) is 0. The molecular formula is C39H39N5O3S. The number of Topliss-reactive ketones (excluding diaryl/α,β-unsaturated/α-hetero) is 1. The Bertz CT molecular complexity index is 2020. The lowest BCUT2D eigenvalue weighted by atomic mass is 9.52. The number of aromatic carboxylic acids is 1. The lowest BCUT2D eigenvalue weighted by Gasteiger charge is -2.54. The van der Waals surface area contributed by atoms with Crippen molar-refractivity contribution in [1.82, 2.24) is 19.7 Å². The molecule has 0 radical (unpaired) electrons. The van der Waals surface area contributed by atoms with Crippen molar-refractivity contribution in [3.8, 4) is 11.1 Å². The number of nitrogens with zero attached hydrogens (tertiary/aromatic N) is 5. The van der Waals surface area contributed by atoms with Gasteiger partial charge < -0.3 is 10.0 Å². The normalized spacial score (nSPS) is 24.3. The molecular weight excluding hydrogens is 619 g/mol. The molecule has 4 bridgehead atoms. The van der Waals surface area contributed by atoms with Crippen LogP contribution in [0.25, 0.3) is 21.3 Å². The maximum atomic E-state index is 13.6. The molecule has 0 saturated heterocycles. The van der Waals surface area contributed by atoms with Crippen LogP contribution in [0, 0.1) is 36.5 Å². The fourth-order valence-corrected chi connectivity index (χ4v) is 10.7. The van der Waals surface area contributed by atoms with Gasteiger partial charge in [0.15, 0.2) is 11.5 Å². The number of carboxylic acid groups (broad SMARTS) is 1. The highest BCUT2D eigenvalue weighted by Crippen LogP contribution is 2.57. The van der Waals surface area contributed by atoms with Gasteiger partial charge in [0, 0.05) is 42.0 Å². The van der Waals surface area contributed by atoms with Crippen LogP contribution in [0.4, 0.5) is 5.82 Å². The van der Waals surface area contributed by atoms with Crippen molar-refractivity contribution in [3.63, 3.8) is 0 Å². The van der Waals surface area contributed by atoms with Crippen LogP contribution in [-0.4, -0.2) is 43.2 Å². The zero-order chi connectivity index (χ0) is 32.5. The van der Waals surface area contributed by atoms with Gasteiger partial charge in [0.05, 0.1) is 22.8 Å². The minimum atomic E-state index is -1.05. The summed E-state index contributed by atoms with van der Waals surface area (Å²) < 4.78 is 3.20. The number of hydrogen-bond acceptors (Lipinski definition) is 7. The second-order valence-electron chi connectivity index (χ2n) is 14.6. The topological polar surface area (TPSA) is 101 Å². The molecule has 9 heteroatoms. The van der Waals surface area contributed by atoms with E-state index < -0.39 is 5.97 Å². The summed E-state index contributed by atoms with van der Waals surface area (Å²) >= 11 is 1.56. The Morgan fingerprint density at radius 1 is 0.917 bits per heavy atom. The van der Waals surface area contributed by atoms with E-state index >= 15 is 0 Å². The van der Waals surface area contributed by atoms with Crippen LogP contribution in [0.3, 0.4) is 0 Å². The molecule has 244 valence electrons. The Balaban J connectivity index is 0.961. The molecule has 8 nitrogen and oxygen atoms in total. The summed E-state index contributed by atoms with van der Waals surface area (Å²) in [6.45, 7) is 4.16. The summed E-state index contributed by atoms with van der Waals surface area (Å²) in [5.74, 6) is 3.75. The number of fused-ring (bicyclic) bond motifs is 2. The third-order valence-corrected chi connectivity index (χ3v) is 12.9. The summed E-state index contributed by atoms with van der Waals surface area (Å²) in [5.41, 5.74) is 6.23. The first kappa shape index (κ1) is 29.7. The van der Waals surface area contributed by atoms with E-state index in [0.29, 0.717) is 36.0 Å². The van der Waals surface area contributed by atoms with Gasteiger partial charge >= 0.3 is 5.97 Å². The molecule has 4 aliphatic carbocycles. The lowest BCUT2D eigenvalue weighted by molar-refractivity contribution is -0.0444. The van der Waals surface area contributed by atoms with Gasteiger partial charge in [0.2, 0.25) is 0 Å². The first-order valence-corrected chi connectivity index (χ1v) is 18.2. The van der Waals surface area contributed by atoms with Crippen molar-refractivity contribution in [2.24, 2.45) is 29.6 Å². The Labute approximate surface area is 283 Å². The second kappa shape index (κ2) is 11.7. The maximum absolute atomic E-state index is 13.6. The number of aromatic nitrogens is 4. The number of carboxylic acids is 1. The number of pyridine rings is 1. The molecule has 0 unspecified atom stereocenters. The SMILES string of the molecule is Cc1c(-c2ccc(N3CCc4cccc(C(=O)Cc5nc6ccccc6s5)c4C3)nc2C(=O)O)cnn1CC1C2CC3CC(C2)CC1C3. The van der Waals surface area contributed by atoms with Gasteiger partial charge in [-0.2, -0.15) is 5.10 Å². The van der Waals surface area contributed by atoms with E-state index in [1.165, 1.54) is 32.1 Å². The van der Waals surface area contributed by atoms with Gasteiger partial charge in [-0.3, -0.25) is 9.48 Å². The van der Waals surface area contributed by atoms with Crippen molar-refractivity contribution in [1.29, 1.82) is 0 Å². The van der Waals surface area contributed by atoms with Gasteiger partial charge in [-0.15, -0.1) is 11.3 Å². The van der Waals surface area contributed by atoms with Crippen molar-refractivity contribution >= 4 is 39.1 Å². The highest BCUT2D eigenvalue weighted by atomic mass is 32.1. The number of thiazole rings is 1. The highest BCUT2D eigenvalue weighted by Gasteiger charge is 2.48. The van der Waals surface area contributed by atoms with E-state index in [-0.39, 0.29) is 17.9 Å². The van der Waals surface area contributed by atoms with Crippen LogP contribution in [0.15, 0.2) is 60.8 Å². The average Bonchev–Trinajstić information content (AvgIpc) is 3.67. The minimum absolute atomic E-state index is 0.0377. The molecule has 2 aromatic carbocycles. The number of hydrogen-bond donors (Lipinski definition) is 1. The quantitative estimate of drug-likeness (QED) is 0.171. The van der Waals surface area contributed by atoms with Crippen molar-refractivity contribution < 1.29 is 14.7 Å². The molecule has 3 aromatic heterocycles. The molecule has 4 heterocycles. The van der Waals surface area contributed by atoms with E-state index in [0.717, 1.165) is 74.2 Å². The molecule has 48 heavy (non-hydrogen) atoms. The van der Waals surface area contributed by atoms with E-state index in [9.17, 15) is 14.7 Å². The third kappa shape index (κ3) is 5.14. The molecule has 0 atom stereocenters. The number of para-hydroxylation sites is 1. The Morgan fingerprint density at radius 2 is 1.71 bits per heavy atom. The van der Waals surface area contributed by atoms with Crippen LogP contribution >= 0.6 is 11.3 Å². The number of anilines is 1. The summed E-state index contributed by atoms with van der Waals surface area (Å²) in [4.78, 5) is 37.8. The summed E-state index contributed by atoms with van der Waals surface area (Å²) in [5, 5.41) is 16.0. The van der Waals surface area contributed by atoms with E-state index in [1.54, 1.807) is 11.3 Å². The summed E-state index contributed by atoms with van der Waals surface area (Å²) in [6.07, 6.45) is 9.77. The predicted octanol–water partition coefficient (Wildman–Crippen LogP) is 7.62. The third-order valence-electron chi connectivity index (χ3n) is 11.8. The number of ketones is 1. The van der Waals surface area contributed by atoms with Crippen LogP contribution in [0.2, 0.25) is 0 Å². The van der Waals surface area contributed by atoms with Gasteiger partial charge in [-0.25, -0.2) is 14.8 Å². The average molecular weight is 658 g/mol. The fraction of sp³-hybridized carbons (Fsp3) is 0.410. The smallest absolute Gasteiger partial charge is 0.355 e. The lowest BCUT2D eigenvalue weighted by Crippen LogP contribution is -2.46. The molecule has 4 saturated carbocycles. The van der Waals surface area contributed by atoms with E-state index in [4.69, 9.17) is 10.1 Å². The predicted molar refractivity (Wildman–Crippen MR) is 187 cm³/mol. The second-order valence-corrected chi connectivity index (χ2v) is 15.7.